The van der Waals surface area contributed by atoms with Gasteiger partial charge in [0.1, 0.15) is 11.7 Å². The summed E-state index contributed by atoms with van der Waals surface area (Å²) < 4.78 is 0. The first-order chi connectivity index (χ1) is 9.02. The van der Waals surface area contributed by atoms with Gasteiger partial charge in [-0.1, -0.05) is 37.6 Å². The molecule has 102 valence electrons. The van der Waals surface area contributed by atoms with Gasteiger partial charge in [0.05, 0.1) is 0 Å². The number of halogens is 1. The highest BCUT2D eigenvalue weighted by Gasteiger charge is 2.59. The van der Waals surface area contributed by atoms with Crippen molar-refractivity contribution in [2.24, 2.45) is 5.92 Å². The Kier molecular flexibility index (Phi) is 3.06. The summed E-state index contributed by atoms with van der Waals surface area (Å²) >= 11 is 6.07. The first-order valence-corrected chi connectivity index (χ1v) is 7.24. The van der Waals surface area contributed by atoms with E-state index in [0.717, 1.165) is 24.9 Å². The summed E-state index contributed by atoms with van der Waals surface area (Å²) in [6.07, 6.45) is 1.88. The van der Waals surface area contributed by atoms with Gasteiger partial charge in [0.25, 0.3) is 0 Å². The van der Waals surface area contributed by atoms with Crippen molar-refractivity contribution < 1.29 is 4.79 Å². The van der Waals surface area contributed by atoms with Crippen LogP contribution in [-0.2, 0) is 4.79 Å². The molecule has 1 saturated heterocycles. The quantitative estimate of drug-likeness (QED) is 0.922. The van der Waals surface area contributed by atoms with E-state index in [1.807, 2.05) is 29.2 Å². The van der Waals surface area contributed by atoms with Crippen LogP contribution in [-0.4, -0.2) is 22.9 Å². The molecule has 1 aromatic carbocycles. The molecule has 1 spiro atoms. The van der Waals surface area contributed by atoms with Crippen LogP contribution in [0.1, 0.15) is 38.4 Å². The largest absolute Gasteiger partial charge is 0.321 e. The molecule has 1 unspecified atom stereocenters. The Hall–Kier alpha value is -1.06. The smallest absolute Gasteiger partial charge is 0.244 e. The van der Waals surface area contributed by atoms with E-state index in [2.05, 4.69) is 19.2 Å². The molecular weight excluding hydrogens is 260 g/mol. The van der Waals surface area contributed by atoms with Gasteiger partial charge >= 0.3 is 0 Å². The fraction of sp³-hybridized carbons (Fsp3) is 0.533. The topological polar surface area (TPSA) is 32.3 Å². The zero-order valence-electron chi connectivity index (χ0n) is 11.3. The highest BCUT2D eigenvalue weighted by molar-refractivity contribution is 6.30. The maximum Gasteiger partial charge on any atom is 0.244 e. The van der Waals surface area contributed by atoms with Crippen molar-refractivity contribution in [1.29, 1.82) is 0 Å². The van der Waals surface area contributed by atoms with Crippen molar-refractivity contribution in [3.05, 3.63) is 34.9 Å². The fourth-order valence-corrected chi connectivity index (χ4v) is 3.00. The molecule has 1 amide bonds. The molecule has 3 nitrogen and oxygen atoms in total. The van der Waals surface area contributed by atoms with Gasteiger partial charge in [-0.15, -0.1) is 0 Å². The van der Waals surface area contributed by atoms with Gasteiger partial charge in [-0.3, -0.25) is 10.1 Å². The second kappa shape index (κ2) is 4.50. The predicted octanol–water partition coefficient (Wildman–Crippen LogP) is 2.96. The Labute approximate surface area is 118 Å². The molecule has 2 aliphatic rings. The molecule has 2 fully saturated rings. The zero-order valence-corrected chi connectivity index (χ0v) is 12.1. The molecule has 1 N–H and O–H groups in total. The van der Waals surface area contributed by atoms with Crippen molar-refractivity contribution >= 4 is 17.5 Å². The third kappa shape index (κ3) is 2.26. The van der Waals surface area contributed by atoms with Crippen LogP contribution in [0.15, 0.2) is 24.3 Å². The molecular formula is C15H19ClN2O. The lowest BCUT2D eigenvalue weighted by molar-refractivity contribution is -0.131. The second-order valence-corrected chi connectivity index (χ2v) is 6.47. The molecule has 1 aliphatic heterocycles. The predicted molar refractivity (Wildman–Crippen MR) is 75.8 cm³/mol. The zero-order chi connectivity index (χ0) is 13.6. The number of hydrogen-bond donors (Lipinski definition) is 1. The summed E-state index contributed by atoms with van der Waals surface area (Å²) in [6, 6.07) is 7.78. The highest BCUT2D eigenvalue weighted by atomic mass is 35.5. The Balaban J connectivity index is 1.92. The minimum absolute atomic E-state index is 0.0314. The van der Waals surface area contributed by atoms with Crippen LogP contribution < -0.4 is 5.32 Å². The number of carbonyl (C=O) groups is 1. The lowest BCUT2D eigenvalue weighted by Crippen LogP contribution is -2.34. The van der Waals surface area contributed by atoms with Crippen molar-refractivity contribution in [3.8, 4) is 0 Å². The van der Waals surface area contributed by atoms with Gasteiger partial charge in [0, 0.05) is 11.6 Å². The third-order valence-electron chi connectivity index (χ3n) is 3.87. The molecule has 1 heterocycles. The van der Waals surface area contributed by atoms with Crippen LogP contribution in [0.2, 0.25) is 5.02 Å². The number of nitrogens with zero attached hydrogens (tertiary/aromatic N) is 1. The van der Waals surface area contributed by atoms with Gasteiger partial charge < -0.3 is 4.90 Å². The summed E-state index contributed by atoms with van der Waals surface area (Å²) in [5.74, 6) is 0.715. The van der Waals surface area contributed by atoms with Gasteiger partial charge in [0.15, 0.2) is 0 Å². The number of hydrogen-bond acceptors (Lipinski definition) is 2. The number of benzene rings is 1. The monoisotopic (exact) mass is 278 g/mol. The van der Waals surface area contributed by atoms with E-state index in [-0.39, 0.29) is 17.6 Å². The molecule has 4 heteroatoms. The molecule has 1 aliphatic carbocycles. The van der Waals surface area contributed by atoms with Crippen LogP contribution in [0.25, 0.3) is 0 Å². The number of nitrogens with one attached hydrogen (secondary N) is 1. The maximum atomic E-state index is 12.5. The van der Waals surface area contributed by atoms with Gasteiger partial charge in [-0.2, -0.15) is 0 Å². The van der Waals surface area contributed by atoms with E-state index in [1.165, 1.54) is 0 Å². The minimum atomic E-state index is -0.276. The molecule has 19 heavy (non-hydrogen) atoms. The van der Waals surface area contributed by atoms with E-state index in [9.17, 15) is 4.79 Å². The Morgan fingerprint density at radius 1 is 1.47 bits per heavy atom. The van der Waals surface area contributed by atoms with Crippen molar-refractivity contribution in [2.75, 3.05) is 6.54 Å². The maximum absolute atomic E-state index is 12.5. The van der Waals surface area contributed by atoms with Crippen molar-refractivity contribution in [1.82, 2.24) is 10.2 Å². The van der Waals surface area contributed by atoms with Crippen molar-refractivity contribution in [3.63, 3.8) is 0 Å². The van der Waals surface area contributed by atoms with Crippen LogP contribution in [0.5, 0.6) is 0 Å². The van der Waals surface area contributed by atoms with Crippen molar-refractivity contribution in [2.45, 2.75) is 38.4 Å². The first kappa shape index (κ1) is 12.9. The van der Waals surface area contributed by atoms with Gasteiger partial charge in [0.2, 0.25) is 5.91 Å². The van der Waals surface area contributed by atoms with Gasteiger partial charge in [-0.05, 0) is 36.5 Å². The lowest BCUT2D eigenvalue weighted by Gasteiger charge is -2.26. The number of carbonyl (C=O) groups excluding carboxylic acids is 1. The van der Waals surface area contributed by atoms with Gasteiger partial charge in [-0.25, -0.2) is 0 Å². The highest BCUT2D eigenvalue weighted by Crippen LogP contribution is 2.46. The summed E-state index contributed by atoms with van der Waals surface area (Å²) in [6.45, 7) is 5.06. The van der Waals surface area contributed by atoms with Crippen LogP contribution in [0.3, 0.4) is 0 Å². The first-order valence-electron chi connectivity index (χ1n) is 6.86. The third-order valence-corrected chi connectivity index (χ3v) is 4.11. The van der Waals surface area contributed by atoms with Crippen LogP contribution in [0, 0.1) is 5.92 Å². The number of rotatable bonds is 3. The summed E-state index contributed by atoms with van der Waals surface area (Å²) in [5, 5.41) is 4.22. The molecule has 3 rings (SSSR count). The Morgan fingerprint density at radius 3 is 2.79 bits per heavy atom. The average Bonchev–Trinajstić information content (AvgIpc) is 3.08. The number of amides is 1. The minimum Gasteiger partial charge on any atom is -0.321 e. The Bertz CT molecular complexity index is 511. The van der Waals surface area contributed by atoms with E-state index in [0.29, 0.717) is 10.9 Å². The van der Waals surface area contributed by atoms with E-state index in [1.54, 1.807) is 0 Å². The van der Waals surface area contributed by atoms with Crippen LogP contribution >= 0.6 is 11.6 Å². The second-order valence-electron chi connectivity index (χ2n) is 6.04. The SMILES string of the molecule is CC(C)CN1C(=O)C2(CC2)NC1c1cccc(Cl)c1. The fourth-order valence-electron chi connectivity index (χ4n) is 2.80. The molecule has 0 radical (unpaired) electrons. The molecule has 1 saturated carbocycles. The molecule has 1 atom stereocenters. The lowest BCUT2D eigenvalue weighted by atomic mass is 10.1. The molecule has 0 aromatic heterocycles. The Morgan fingerprint density at radius 2 is 2.21 bits per heavy atom. The summed E-state index contributed by atoms with van der Waals surface area (Å²) in [4.78, 5) is 14.5. The molecule has 1 aromatic rings. The summed E-state index contributed by atoms with van der Waals surface area (Å²) in [7, 11) is 0. The molecule has 0 bridgehead atoms. The van der Waals surface area contributed by atoms with Crippen LogP contribution in [0.4, 0.5) is 0 Å². The van der Waals surface area contributed by atoms with E-state index in [4.69, 9.17) is 11.6 Å². The summed E-state index contributed by atoms with van der Waals surface area (Å²) in [5.41, 5.74) is 0.798. The average molecular weight is 279 g/mol. The van der Waals surface area contributed by atoms with E-state index < -0.39 is 0 Å². The van der Waals surface area contributed by atoms with E-state index >= 15 is 0 Å². The normalized spacial score (nSPS) is 24.5. The standard InChI is InChI=1S/C15H19ClN2O/c1-10(2)9-18-13(11-4-3-5-12(16)8-11)17-15(6-7-15)14(18)19/h3-5,8,10,13,17H,6-7,9H2,1-2H3.